The number of H-pyrrole nitrogens is 1. The number of nitrogens with zero attached hydrogens (tertiary/aromatic N) is 1. The quantitative estimate of drug-likeness (QED) is 0.790. The number of carboxylic acids is 1. The molecule has 0 spiro atoms. The van der Waals surface area contributed by atoms with Gasteiger partial charge in [0.1, 0.15) is 5.56 Å². The van der Waals surface area contributed by atoms with Crippen LogP contribution in [0.2, 0.25) is 0 Å². The third-order valence-electron chi connectivity index (χ3n) is 2.97. The molecule has 1 aromatic rings. The molecule has 0 aromatic carbocycles. The normalized spacial score (nSPS) is 17.0. The largest absolute Gasteiger partial charge is 0.478 e. The van der Waals surface area contributed by atoms with Gasteiger partial charge in [-0.3, -0.25) is 0 Å². The molecule has 0 bridgehead atoms. The first-order valence-corrected chi connectivity index (χ1v) is 5.51. The van der Waals surface area contributed by atoms with Crippen molar-refractivity contribution in [2.45, 2.75) is 25.7 Å². The van der Waals surface area contributed by atoms with E-state index in [1.807, 2.05) is 0 Å². The van der Waals surface area contributed by atoms with Crippen LogP contribution in [0, 0.1) is 6.92 Å². The Morgan fingerprint density at radius 2 is 2.12 bits per heavy atom. The van der Waals surface area contributed by atoms with Crippen molar-refractivity contribution in [3.8, 4) is 0 Å². The zero-order valence-electron chi connectivity index (χ0n) is 9.52. The van der Waals surface area contributed by atoms with Gasteiger partial charge in [-0.2, -0.15) is 4.98 Å². The van der Waals surface area contributed by atoms with E-state index < -0.39 is 11.7 Å². The van der Waals surface area contributed by atoms with Gasteiger partial charge in [0.05, 0.1) is 5.69 Å². The Labute approximate surface area is 97.7 Å². The van der Waals surface area contributed by atoms with Crippen LogP contribution in [0.3, 0.4) is 0 Å². The first kappa shape index (κ1) is 11.8. The van der Waals surface area contributed by atoms with Crippen molar-refractivity contribution in [1.82, 2.24) is 9.97 Å². The predicted molar refractivity (Wildman–Crippen MR) is 59.3 cm³/mol. The highest BCUT2D eigenvalue weighted by atomic mass is 16.5. The Morgan fingerprint density at radius 1 is 1.47 bits per heavy atom. The lowest BCUT2D eigenvalue weighted by molar-refractivity contribution is 0.0681. The smallest absolute Gasteiger partial charge is 0.345 e. The van der Waals surface area contributed by atoms with Gasteiger partial charge in [0.25, 0.3) is 0 Å². The Kier molecular flexibility index (Phi) is 3.23. The molecule has 2 N–H and O–H groups in total. The summed E-state index contributed by atoms with van der Waals surface area (Å²) in [7, 11) is 0. The maximum Gasteiger partial charge on any atom is 0.345 e. The van der Waals surface area contributed by atoms with E-state index in [1.54, 1.807) is 6.92 Å². The summed E-state index contributed by atoms with van der Waals surface area (Å²) in [5.74, 6) is -1.05. The molecule has 17 heavy (non-hydrogen) atoms. The van der Waals surface area contributed by atoms with Crippen molar-refractivity contribution in [1.29, 1.82) is 0 Å². The summed E-state index contributed by atoms with van der Waals surface area (Å²) in [6.45, 7) is 2.74. The fraction of sp³-hybridized carbons (Fsp3) is 0.545. The summed E-state index contributed by atoms with van der Waals surface area (Å²) >= 11 is 0. The Hall–Kier alpha value is -1.69. The van der Waals surface area contributed by atoms with Crippen LogP contribution >= 0.6 is 0 Å². The number of nitrogens with one attached hydrogen (secondary N) is 1. The molecule has 6 heteroatoms. The summed E-state index contributed by atoms with van der Waals surface area (Å²) in [6.07, 6.45) is 1.41. The molecular formula is C11H14N2O4. The molecule has 1 aliphatic heterocycles. The van der Waals surface area contributed by atoms with E-state index in [1.165, 1.54) is 0 Å². The molecule has 2 rings (SSSR count). The summed E-state index contributed by atoms with van der Waals surface area (Å²) in [6, 6.07) is 0. The number of rotatable bonds is 2. The molecule has 1 saturated heterocycles. The molecule has 92 valence electrons. The topological polar surface area (TPSA) is 92.3 Å². The zero-order valence-corrected chi connectivity index (χ0v) is 9.52. The van der Waals surface area contributed by atoms with Crippen LogP contribution in [-0.2, 0) is 4.74 Å². The molecular weight excluding hydrogens is 224 g/mol. The third-order valence-corrected chi connectivity index (χ3v) is 2.97. The summed E-state index contributed by atoms with van der Waals surface area (Å²) in [4.78, 5) is 28.8. The molecule has 1 aliphatic rings. The van der Waals surface area contributed by atoms with Crippen molar-refractivity contribution < 1.29 is 14.6 Å². The molecule has 0 unspecified atom stereocenters. The fourth-order valence-electron chi connectivity index (χ4n) is 2.14. The van der Waals surface area contributed by atoms with Gasteiger partial charge in [0.15, 0.2) is 0 Å². The van der Waals surface area contributed by atoms with Crippen molar-refractivity contribution in [3.05, 3.63) is 27.4 Å². The number of aromatic amines is 1. The molecule has 0 saturated carbocycles. The minimum Gasteiger partial charge on any atom is -0.478 e. The molecule has 1 fully saturated rings. The van der Waals surface area contributed by atoms with Gasteiger partial charge in [-0.05, 0) is 19.8 Å². The predicted octanol–water partition coefficient (Wildman–Crippen LogP) is 0.671. The number of ether oxygens (including phenoxy) is 1. The molecule has 0 amide bonds. The second-order valence-electron chi connectivity index (χ2n) is 4.12. The highest BCUT2D eigenvalue weighted by Crippen LogP contribution is 2.27. The van der Waals surface area contributed by atoms with E-state index >= 15 is 0 Å². The molecule has 0 radical (unpaired) electrons. The van der Waals surface area contributed by atoms with Crippen LogP contribution in [0.1, 0.15) is 40.5 Å². The van der Waals surface area contributed by atoms with Gasteiger partial charge in [0.2, 0.25) is 0 Å². The van der Waals surface area contributed by atoms with E-state index in [0.717, 1.165) is 0 Å². The first-order chi connectivity index (χ1) is 8.09. The highest BCUT2D eigenvalue weighted by molar-refractivity contribution is 5.90. The van der Waals surface area contributed by atoms with Crippen molar-refractivity contribution in [2.24, 2.45) is 0 Å². The van der Waals surface area contributed by atoms with Gasteiger partial charge in [-0.25, -0.2) is 9.59 Å². The van der Waals surface area contributed by atoms with Gasteiger partial charge >= 0.3 is 11.7 Å². The van der Waals surface area contributed by atoms with Crippen molar-refractivity contribution in [2.75, 3.05) is 13.2 Å². The number of hydrogen-bond donors (Lipinski definition) is 2. The van der Waals surface area contributed by atoms with Crippen LogP contribution in [0.25, 0.3) is 0 Å². The number of aryl methyl sites for hydroxylation is 1. The minimum absolute atomic E-state index is 0.00384. The maximum atomic E-state index is 11.3. The van der Waals surface area contributed by atoms with Crippen molar-refractivity contribution in [3.63, 3.8) is 0 Å². The molecule has 6 nitrogen and oxygen atoms in total. The third kappa shape index (κ3) is 2.36. The molecule has 0 aliphatic carbocycles. The Bertz CT molecular complexity index is 489. The summed E-state index contributed by atoms with van der Waals surface area (Å²) < 4.78 is 5.22. The molecule has 2 heterocycles. The van der Waals surface area contributed by atoms with Gasteiger partial charge in [-0.1, -0.05) is 0 Å². The maximum absolute atomic E-state index is 11.3. The van der Waals surface area contributed by atoms with Crippen molar-refractivity contribution >= 4 is 5.97 Å². The summed E-state index contributed by atoms with van der Waals surface area (Å²) in [5.41, 5.74) is 0.381. The highest BCUT2D eigenvalue weighted by Gasteiger charge is 2.25. The fourth-order valence-corrected chi connectivity index (χ4v) is 2.14. The number of carboxylic acid groups (broad SMARTS) is 1. The SMILES string of the molecule is Cc1[nH]c(=O)nc(C2CCOCC2)c1C(=O)O. The van der Waals surface area contributed by atoms with Gasteiger partial charge in [-0.15, -0.1) is 0 Å². The monoisotopic (exact) mass is 238 g/mol. The van der Waals surface area contributed by atoms with Crippen LogP contribution in [0.15, 0.2) is 4.79 Å². The Morgan fingerprint density at radius 3 is 2.71 bits per heavy atom. The lowest BCUT2D eigenvalue weighted by atomic mass is 9.92. The Balaban J connectivity index is 2.50. The molecule has 0 atom stereocenters. The second kappa shape index (κ2) is 4.67. The van der Waals surface area contributed by atoms with Gasteiger partial charge in [0, 0.05) is 24.8 Å². The number of aromatic carboxylic acids is 1. The van der Waals surface area contributed by atoms with E-state index in [0.29, 0.717) is 37.4 Å². The first-order valence-electron chi connectivity index (χ1n) is 5.51. The van der Waals surface area contributed by atoms with Crippen LogP contribution < -0.4 is 5.69 Å². The average molecular weight is 238 g/mol. The lowest BCUT2D eigenvalue weighted by Gasteiger charge is -2.22. The number of aromatic nitrogens is 2. The average Bonchev–Trinajstić information content (AvgIpc) is 2.28. The van der Waals surface area contributed by atoms with E-state index in [4.69, 9.17) is 4.74 Å². The number of carbonyl (C=O) groups is 1. The minimum atomic E-state index is -1.05. The standard InChI is InChI=1S/C11H14N2O4/c1-6-8(10(14)15)9(13-11(16)12-6)7-2-4-17-5-3-7/h7H,2-5H2,1H3,(H,14,15)(H,12,13,16). The van der Waals surface area contributed by atoms with Crippen LogP contribution in [0.4, 0.5) is 0 Å². The van der Waals surface area contributed by atoms with Gasteiger partial charge < -0.3 is 14.8 Å². The van der Waals surface area contributed by atoms with E-state index in [-0.39, 0.29) is 11.5 Å². The van der Waals surface area contributed by atoms with E-state index in [9.17, 15) is 14.7 Å². The number of hydrogen-bond acceptors (Lipinski definition) is 4. The van der Waals surface area contributed by atoms with Crippen LogP contribution in [0.5, 0.6) is 0 Å². The zero-order chi connectivity index (χ0) is 12.4. The lowest BCUT2D eigenvalue weighted by Crippen LogP contribution is -2.25. The summed E-state index contributed by atoms with van der Waals surface area (Å²) in [5, 5.41) is 9.17. The van der Waals surface area contributed by atoms with Crippen LogP contribution in [-0.4, -0.2) is 34.3 Å². The molecule has 1 aromatic heterocycles. The van der Waals surface area contributed by atoms with E-state index in [2.05, 4.69) is 9.97 Å². The second-order valence-corrected chi connectivity index (χ2v) is 4.12.